The number of nitroso groups, excluding NO2 is 1. The van der Waals surface area contributed by atoms with Crippen LogP contribution in [0.25, 0.3) is 0 Å². The molecule has 1 saturated heterocycles. The zero-order chi connectivity index (χ0) is 19.1. The van der Waals surface area contributed by atoms with E-state index in [-0.39, 0.29) is 40.9 Å². The third kappa shape index (κ3) is 2.82. The molecule has 1 spiro atoms. The van der Waals surface area contributed by atoms with Gasteiger partial charge in [-0.25, -0.2) is 9.69 Å². The van der Waals surface area contributed by atoms with Gasteiger partial charge in [0.1, 0.15) is 0 Å². The van der Waals surface area contributed by atoms with E-state index >= 15 is 0 Å². The summed E-state index contributed by atoms with van der Waals surface area (Å²) in [7, 11) is 0. The summed E-state index contributed by atoms with van der Waals surface area (Å²) in [6.45, 7) is 1.70. The maximum atomic E-state index is 13.0. The third-order valence-corrected chi connectivity index (χ3v) is 4.48. The number of imide groups is 1. The minimum absolute atomic E-state index is 0.0966. The van der Waals surface area contributed by atoms with Gasteiger partial charge in [-0.05, 0) is 25.1 Å². The number of ether oxygens (including phenoxy) is 1. The Bertz CT molecular complexity index is 838. The molecule has 0 N–H and O–H groups in total. The summed E-state index contributed by atoms with van der Waals surface area (Å²) in [5, 5.41) is 7.48. The van der Waals surface area contributed by atoms with Gasteiger partial charge < -0.3 is 4.74 Å². The Morgan fingerprint density at radius 1 is 1.27 bits per heavy atom. The molecule has 0 radical (unpaired) electrons. The van der Waals surface area contributed by atoms with Gasteiger partial charge in [-0.15, -0.1) is 15.1 Å². The number of esters is 1. The van der Waals surface area contributed by atoms with Crippen LogP contribution in [0.3, 0.4) is 0 Å². The van der Waals surface area contributed by atoms with Crippen LogP contribution in [0.1, 0.15) is 19.8 Å². The number of carbonyl (C=O) groups is 3. The summed E-state index contributed by atoms with van der Waals surface area (Å²) in [6.07, 6.45) is -0.652. The van der Waals surface area contributed by atoms with Crippen LogP contribution in [-0.4, -0.2) is 40.8 Å². The van der Waals surface area contributed by atoms with Crippen molar-refractivity contribution in [2.24, 2.45) is 10.4 Å². The standard InChI is InChI=1S/C15H12Cl2N4O5/c1-2-26-13(23)11-6-15(21(18-11)19-25)7-12(22)20(14(15)24)10-4-8(16)3-9(17)5-10/h3-5H,2,6-7H2,1H3/t15-/m0/s1. The SMILES string of the molecule is CCOC(=O)C1=NN(N=O)[C@]2(CC(=O)N(c3cc(Cl)cc(Cl)c3)C2=O)C1. The molecular weight excluding hydrogens is 387 g/mol. The summed E-state index contributed by atoms with van der Waals surface area (Å²) in [4.78, 5) is 49.5. The molecular formula is C15H12Cl2N4O5. The molecule has 0 unspecified atom stereocenters. The van der Waals surface area contributed by atoms with Crippen LogP contribution in [0.4, 0.5) is 5.69 Å². The van der Waals surface area contributed by atoms with Gasteiger partial charge in [-0.1, -0.05) is 23.2 Å². The lowest BCUT2D eigenvalue weighted by Crippen LogP contribution is -2.48. The van der Waals surface area contributed by atoms with Gasteiger partial charge in [0.15, 0.2) is 11.3 Å². The molecule has 11 heteroatoms. The number of anilines is 1. The van der Waals surface area contributed by atoms with Crippen molar-refractivity contribution in [1.82, 2.24) is 5.12 Å². The Labute approximate surface area is 157 Å². The van der Waals surface area contributed by atoms with E-state index in [0.717, 1.165) is 4.90 Å². The van der Waals surface area contributed by atoms with Gasteiger partial charge in [0.2, 0.25) is 5.91 Å². The lowest BCUT2D eigenvalue weighted by atomic mass is 9.92. The van der Waals surface area contributed by atoms with Crippen LogP contribution in [0.5, 0.6) is 0 Å². The van der Waals surface area contributed by atoms with Crippen LogP contribution < -0.4 is 4.90 Å². The van der Waals surface area contributed by atoms with Crippen molar-refractivity contribution in [3.63, 3.8) is 0 Å². The fourth-order valence-electron chi connectivity index (χ4n) is 2.97. The quantitative estimate of drug-likeness (QED) is 0.437. The molecule has 0 aliphatic carbocycles. The zero-order valence-electron chi connectivity index (χ0n) is 13.4. The first-order valence-corrected chi connectivity index (χ1v) is 8.29. The van der Waals surface area contributed by atoms with Crippen molar-refractivity contribution < 1.29 is 19.1 Å². The Kier molecular flexibility index (Phi) is 4.68. The smallest absolute Gasteiger partial charge is 0.354 e. The van der Waals surface area contributed by atoms with E-state index in [4.69, 9.17) is 27.9 Å². The van der Waals surface area contributed by atoms with E-state index in [1.807, 2.05) is 0 Å². The van der Waals surface area contributed by atoms with Crippen LogP contribution >= 0.6 is 23.2 Å². The number of hydrogen-bond donors (Lipinski definition) is 0. The zero-order valence-corrected chi connectivity index (χ0v) is 15.0. The minimum atomic E-state index is -1.70. The number of benzene rings is 1. The molecule has 1 aromatic carbocycles. The van der Waals surface area contributed by atoms with Crippen LogP contribution in [0.2, 0.25) is 10.0 Å². The third-order valence-electron chi connectivity index (χ3n) is 4.05. The van der Waals surface area contributed by atoms with E-state index in [2.05, 4.69) is 10.4 Å². The van der Waals surface area contributed by atoms with Crippen molar-refractivity contribution in [3.05, 3.63) is 33.2 Å². The molecule has 26 heavy (non-hydrogen) atoms. The molecule has 9 nitrogen and oxygen atoms in total. The highest BCUT2D eigenvalue weighted by Crippen LogP contribution is 2.41. The molecule has 2 aliphatic rings. The van der Waals surface area contributed by atoms with Crippen molar-refractivity contribution in [2.75, 3.05) is 11.5 Å². The molecule has 1 fully saturated rings. The number of halogens is 2. The Morgan fingerprint density at radius 3 is 2.50 bits per heavy atom. The molecule has 136 valence electrons. The molecule has 2 amide bonds. The summed E-state index contributed by atoms with van der Waals surface area (Å²) >= 11 is 11.9. The van der Waals surface area contributed by atoms with E-state index in [1.54, 1.807) is 6.92 Å². The lowest BCUT2D eigenvalue weighted by molar-refractivity contribution is -0.135. The van der Waals surface area contributed by atoms with E-state index < -0.39 is 23.3 Å². The average molecular weight is 399 g/mol. The predicted octanol–water partition coefficient (Wildman–Crippen LogP) is 2.30. The predicted molar refractivity (Wildman–Crippen MR) is 92.6 cm³/mol. The van der Waals surface area contributed by atoms with Crippen LogP contribution in [0.15, 0.2) is 28.6 Å². The normalized spacial score (nSPS) is 22.2. The molecule has 3 rings (SSSR count). The molecule has 0 aromatic heterocycles. The van der Waals surface area contributed by atoms with Gasteiger partial charge in [-0.2, -0.15) is 0 Å². The number of rotatable bonds is 4. The van der Waals surface area contributed by atoms with Gasteiger partial charge >= 0.3 is 5.97 Å². The molecule has 0 bridgehead atoms. The van der Waals surface area contributed by atoms with E-state index in [0.29, 0.717) is 5.12 Å². The Balaban J connectivity index is 1.97. The highest BCUT2D eigenvalue weighted by Gasteiger charge is 2.61. The lowest BCUT2D eigenvalue weighted by Gasteiger charge is -2.24. The van der Waals surface area contributed by atoms with Crippen molar-refractivity contribution in [3.8, 4) is 0 Å². The first kappa shape index (κ1) is 18.3. The van der Waals surface area contributed by atoms with Crippen molar-refractivity contribution >= 4 is 52.4 Å². The van der Waals surface area contributed by atoms with E-state index in [1.165, 1.54) is 18.2 Å². The number of nitrogens with zero attached hydrogens (tertiary/aromatic N) is 4. The summed E-state index contributed by atoms with van der Waals surface area (Å²) in [5.41, 5.74) is -1.70. The van der Waals surface area contributed by atoms with Crippen molar-refractivity contribution in [2.45, 2.75) is 25.3 Å². The van der Waals surface area contributed by atoms with Gasteiger partial charge in [0.25, 0.3) is 5.91 Å². The number of hydrazone groups is 1. The fourth-order valence-corrected chi connectivity index (χ4v) is 3.48. The topological polar surface area (TPSA) is 109 Å². The number of amides is 2. The Hall–Kier alpha value is -2.52. The largest absolute Gasteiger partial charge is 0.461 e. The fraction of sp³-hybridized carbons (Fsp3) is 0.333. The number of hydrogen-bond acceptors (Lipinski definition) is 7. The second-order valence-corrected chi connectivity index (χ2v) is 6.56. The van der Waals surface area contributed by atoms with E-state index in [9.17, 15) is 19.3 Å². The molecule has 2 aliphatic heterocycles. The summed E-state index contributed by atoms with van der Waals surface area (Å²) < 4.78 is 4.84. The number of carbonyl (C=O) groups excluding carboxylic acids is 3. The first-order chi connectivity index (χ1) is 12.3. The average Bonchev–Trinajstić information content (AvgIpc) is 3.05. The monoisotopic (exact) mass is 398 g/mol. The van der Waals surface area contributed by atoms with Gasteiger partial charge in [0, 0.05) is 16.5 Å². The second kappa shape index (κ2) is 6.65. The minimum Gasteiger partial charge on any atom is -0.461 e. The maximum Gasteiger partial charge on any atom is 0.354 e. The second-order valence-electron chi connectivity index (χ2n) is 5.69. The Morgan fingerprint density at radius 2 is 1.92 bits per heavy atom. The van der Waals surface area contributed by atoms with Gasteiger partial charge in [-0.3, -0.25) is 9.59 Å². The maximum absolute atomic E-state index is 13.0. The molecule has 1 aromatic rings. The highest BCUT2D eigenvalue weighted by atomic mass is 35.5. The first-order valence-electron chi connectivity index (χ1n) is 7.54. The molecule has 2 heterocycles. The summed E-state index contributed by atoms with van der Waals surface area (Å²) in [6, 6.07) is 4.23. The van der Waals surface area contributed by atoms with Crippen molar-refractivity contribution in [1.29, 1.82) is 0 Å². The van der Waals surface area contributed by atoms with Crippen LogP contribution in [-0.2, 0) is 19.1 Å². The highest BCUT2D eigenvalue weighted by molar-refractivity contribution is 6.39. The molecule has 1 atom stereocenters. The molecule has 0 saturated carbocycles. The summed E-state index contributed by atoms with van der Waals surface area (Å²) in [5.74, 6) is -2.12. The van der Waals surface area contributed by atoms with Crippen LogP contribution in [0, 0.1) is 4.91 Å². The van der Waals surface area contributed by atoms with Gasteiger partial charge in [0.05, 0.1) is 24.0 Å².